The van der Waals surface area contributed by atoms with Crippen molar-refractivity contribution in [2.75, 3.05) is 18.1 Å². The van der Waals surface area contributed by atoms with Gasteiger partial charge in [-0.3, -0.25) is 0 Å². The Morgan fingerprint density at radius 1 is 1.14 bits per heavy atom. The molecule has 0 aromatic heterocycles. The van der Waals surface area contributed by atoms with E-state index in [0.717, 1.165) is 6.04 Å². The predicted octanol–water partition coefficient (Wildman–Crippen LogP) is 3.44. The molecule has 1 aliphatic rings. The van der Waals surface area contributed by atoms with Crippen molar-refractivity contribution in [2.45, 2.75) is 57.9 Å². The van der Waals surface area contributed by atoms with Gasteiger partial charge in [0.15, 0.2) is 0 Å². The standard InChI is InChI=1S/C12H25NS/c1-2-3-6-10-14-11-9-13-12-7-4-5-8-12/h12-13H,2-11H2,1H3. The van der Waals surface area contributed by atoms with Gasteiger partial charge in [-0.05, 0) is 25.0 Å². The summed E-state index contributed by atoms with van der Waals surface area (Å²) in [5.74, 6) is 2.67. The summed E-state index contributed by atoms with van der Waals surface area (Å²) in [5, 5.41) is 3.65. The topological polar surface area (TPSA) is 12.0 Å². The minimum Gasteiger partial charge on any atom is -0.313 e. The van der Waals surface area contributed by atoms with Crippen LogP contribution in [0.1, 0.15) is 51.9 Å². The molecule has 1 saturated carbocycles. The van der Waals surface area contributed by atoms with Gasteiger partial charge in [-0.1, -0.05) is 32.6 Å². The number of unbranched alkanes of at least 4 members (excludes halogenated alkanes) is 2. The summed E-state index contributed by atoms with van der Waals surface area (Å²) in [6.45, 7) is 3.49. The van der Waals surface area contributed by atoms with E-state index < -0.39 is 0 Å². The first-order valence-electron chi connectivity index (χ1n) is 6.24. The lowest BCUT2D eigenvalue weighted by atomic mass is 10.2. The Bertz CT molecular complexity index is 121. The van der Waals surface area contributed by atoms with Crippen molar-refractivity contribution in [1.82, 2.24) is 5.32 Å². The van der Waals surface area contributed by atoms with E-state index in [9.17, 15) is 0 Å². The van der Waals surface area contributed by atoms with E-state index in [1.165, 1.54) is 63.0 Å². The molecule has 0 radical (unpaired) electrons. The maximum atomic E-state index is 3.65. The Morgan fingerprint density at radius 3 is 2.64 bits per heavy atom. The van der Waals surface area contributed by atoms with Crippen molar-refractivity contribution < 1.29 is 0 Å². The van der Waals surface area contributed by atoms with Crippen molar-refractivity contribution in [3.63, 3.8) is 0 Å². The highest BCUT2D eigenvalue weighted by Crippen LogP contribution is 2.17. The van der Waals surface area contributed by atoms with Crippen LogP contribution in [0, 0.1) is 0 Å². The molecule has 14 heavy (non-hydrogen) atoms. The third kappa shape index (κ3) is 5.92. The molecule has 0 aliphatic heterocycles. The van der Waals surface area contributed by atoms with E-state index in [2.05, 4.69) is 24.0 Å². The van der Waals surface area contributed by atoms with Crippen molar-refractivity contribution in [2.24, 2.45) is 0 Å². The van der Waals surface area contributed by atoms with Crippen LogP contribution in [0.25, 0.3) is 0 Å². The van der Waals surface area contributed by atoms with E-state index in [1.807, 2.05) is 0 Å². The van der Waals surface area contributed by atoms with E-state index in [0.29, 0.717) is 0 Å². The molecule has 84 valence electrons. The Morgan fingerprint density at radius 2 is 1.93 bits per heavy atom. The van der Waals surface area contributed by atoms with E-state index in [1.54, 1.807) is 0 Å². The van der Waals surface area contributed by atoms with Gasteiger partial charge in [0.2, 0.25) is 0 Å². The zero-order valence-electron chi connectivity index (χ0n) is 9.56. The lowest BCUT2D eigenvalue weighted by Gasteiger charge is -2.10. The van der Waals surface area contributed by atoms with Crippen LogP contribution < -0.4 is 5.32 Å². The van der Waals surface area contributed by atoms with Crippen LogP contribution in [0.15, 0.2) is 0 Å². The average Bonchev–Trinajstić information content (AvgIpc) is 2.69. The minimum atomic E-state index is 0.853. The van der Waals surface area contributed by atoms with Crippen molar-refractivity contribution >= 4 is 11.8 Å². The number of rotatable bonds is 8. The second-order valence-corrected chi connectivity index (χ2v) is 5.48. The molecule has 0 spiro atoms. The first kappa shape index (κ1) is 12.4. The molecule has 0 heterocycles. The predicted molar refractivity (Wildman–Crippen MR) is 67.1 cm³/mol. The van der Waals surface area contributed by atoms with Gasteiger partial charge < -0.3 is 5.32 Å². The minimum absolute atomic E-state index is 0.853. The highest BCUT2D eigenvalue weighted by atomic mass is 32.2. The Labute approximate surface area is 93.4 Å². The average molecular weight is 215 g/mol. The van der Waals surface area contributed by atoms with E-state index >= 15 is 0 Å². The van der Waals surface area contributed by atoms with Crippen LogP contribution in [0.2, 0.25) is 0 Å². The Kier molecular flexibility index (Phi) is 7.61. The van der Waals surface area contributed by atoms with Gasteiger partial charge in [-0.15, -0.1) is 0 Å². The molecule has 0 unspecified atom stereocenters. The largest absolute Gasteiger partial charge is 0.313 e. The lowest BCUT2D eigenvalue weighted by Crippen LogP contribution is -2.28. The summed E-state index contributed by atoms with van der Waals surface area (Å²) >= 11 is 2.11. The number of thioether (sulfide) groups is 1. The number of hydrogen-bond donors (Lipinski definition) is 1. The zero-order chi connectivity index (χ0) is 10.1. The summed E-state index contributed by atoms with van der Waals surface area (Å²) in [6, 6.07) is 0.853. The fourth-order valence-electron chi connectivity index (χ4n) is 2.02. The monoisotopic (exact) mass is 215 g/mol. The van der Waals surface area contributed by atoms with Gasteiger partial charge in [0.25, 0.3) is 0 Å². The molecule has 0 saturated heterocycles. The molecule has 1 aliphatic carbocycles. The first-order valence-corrected chi connectivity index (χ1v) is 7.40. The Hall–Kier alpha value is 0.310. The SMILES string of the molecule is CCCCCSCCNC1CCCC1. The normalized spacial score (nSPS) is 17.8. The lowest BCUT2D eigenvalue weighted by molar-refractivity contribution is 0.545. The zero-order valence-corrected chi connectivity index (χ0v) is 10.4. The number of nitrogens with one attached hydrogen (secondary N) is 1. The summed E-state index contributed by atoms with van der Waals surface area (Å²) in [4.78, 5) is 0. The molecule has 0 bridgehead atoms. The van der Waals surface area contributed by atoms with E-state index in [4.69, 9.17) is 0 Å². The molecule has 1 N–H and O–H groups in total. The molecule has 0 aromatic carbocycles. The molecule has 1 nitrogen and oxygen atoms in total. The quantitative estimate of drug-likeness (QED) is 0.623. The molecular weight excluding hydrogens is 190 g/mol. The van der Waals surface area contributed by atoms with Crippen molar-refractivity contribution in [3.8, 4) is 0 Å². The van der Waals surface area contributed by atoms with Gasteiger partial charge >= 0.3 is 0 Å². The van der Waals surface area contributed by atoms with Gasteiger partial charge in [0.05, 0.1) is 0 Å². The highest BCUT2D eigenvalue weighted by Gasteiger charge is 2.12. The van der Waals surface area contributed by atoms with Crippen LogP contribution in [0.3, 0.4) is 0 Å². The Balaban J connectivity index is 1.75. The summed E-state index contributed by atoms with van der Waals surface area (Å²) in [6.07, 6.45) is 9.89. The molecule has 0 amide bonds. The van der Waals surface area contributed by atoms with Crippen LogP contribution in [0.5, 0.6) is 0 Å². The highest BCUT2D eigenvalue weighted by molar-refractivity contribution is 7.99. The van der Waals surface area contributed by atoms with Gasteiger partial charge in [-0.25, -0.2) is 0 Å². The van der Waals surface area contributed by atoms with Gasteiger partial charge in [-0.2, -0.15) is 11.8 Å². The fourth-order valence-corrected chi connectivity index (χ4v) is 2.90. The molecule has 1 rings (SSSR count). The summed E-state index contributed by atoms with van der Waals surface area (Å²) in [5.41, 5.74) is 0. The van der Waals surface area contributed by atoms with Gasteiger partial charge in [0.1, 0.15) is 0 Å². The third-order valence-electron chi connectivity index (χ3n) is 2.93. The van der Waals surface area contributed by atoms with Crippen LogP contribution >= 0.6 is 11.8 Å². The van der Waals surface area contributed by atoms with Crippen LogP contribution in [-0.2, 0) is 0 Å². The molecule has 1 fully saturated rings. The first-order chi connectivity index (χ1) is 6.93. The third-order valence-corrected chi connectivity index (χ3v) is 4.00. The molecule has 0 aromatic rings. The summed E-state index contributed by atoms with van der Waals surface area (Å²) < 4.78 is 0. The fraction of sp³-hybridized carbons (Fsp3) is 1.00. The molecule has 2 heteroatoms. The molecular formula is C12H25NS. The smallest absolute Gasteiger partial charge is 0.00673 e. The summed E-state index contributed by atoms with van der Waals surface area (Å²) in [7, 11) is 0. The maximum absolute atomic E-state index is 3.65. The molecule has 0 atom stereocenters. The number of hydrogen-bond acceptors (Lipinski definition) is 2. The van der Waals surface area contributed by atoms with Crippen molar-refractivity contribution in [1.29, 1.82) is 0 Å². The van der Waals surface area contributed by atoms with Crippen molar-refractivity contribution in [3.05, 3.63) is 0 Å². The van der Waals surface area contributed by atoms with Crippen LogP contribution in [0.4, 0.5) is 0 Å². The maximum Gasteiger partial charge on any atom is 0.00673 e. The second kappa shape index (κ2) is 8.60. The van der Waals surface area contributed by atoms with Crippen LogP contribution in [-0.4, -0.2) is 24.1 Å². The van der Waals surface area contributed by atoms with Gasteiger partial charge in [0, 0.05) is 18.3 Å². The van der Waals surface area contributed by atoms with E-state index in [-0.39, 0.29) is 0 Å². The second-order valence-electron chi connectivity index (χ2n) is 4.25.